The summed E-state index contributed by atoms with van der Waals surface area (Å²) in [5.41, 5.74) is 0.00154. The Morgan fingerprint density at radius 2 is 2.19 bits per heavy atom. The van der Waals surface area contributed by atoms with Crippen LogP contribution in [-0.2, 0) is 4.74 Å². The van der Waals surface area contributed by atoms with Crippen LogP contribution in [0.25, 0.3) is 0 Å². The number of rotatable bonds is 4. The van der Waals surface area contributed by atoms with Gasteiger partial charge in [-0.05, 0) is 19.1 Å². The highest BCUT2D eigenvalue weighted by molar-refractivity contribution is 6.35. The Kier molecular flexibility index (Phi) is 4.49. The maximum Gasteiger partial charge on any atom is 0.387 e. The molecule has 1 rings (SSSR count). The van der Waals surface area contributed by atoms with E-state index < -0.39 is 12.6 Å². The maximum absolute atomic E-state index is 12.0. The van der Waals surface area contributed by atoms with E-state index in [2.05, 4.69) is 4.74 Å². The van der Waals surface area contributed by atoms with Gasteiger partial charge in [-0.25, -0.2) is 4.79 Å². The number of ether oxygens (including phenoxy) is 2. The maximum atomic E-state index is 12.0. The van der Waals surface area contributed by atoms with Gasteiger partial charge in [0.05, 0.1) is 17.2 Å². The van der Waals surface area contributed by atoms with Gasteiger partial charge in [-0.1, -0.05) is 17.7 Å². The van der Waals surface area contributed by atoms with Crippen LogP contribution in [0.1, 0.15) is 17.3 Å². The molecule has 1 aromatic rings. The lowest BCUT2D eigenvalue weighted by atomic mass is 10.2. The van der Waals surface area contributed by atoms with E-state index in [9.17, 15) is 13.6 Å². The topological polar surface area (TPSA) is 35.5 Å². The number of halogens is 3. The Bertz CT molecular complexity index is 382. The zero-order chi connectivity index (χ0) is 12.1. The number of esters is 1. The molecule has 0 aliphatic heterocycles. The summed E-state index contributed by atoms with van der Waals surface area (Å²) in [5, 5.41) is -0.179. The average Bonchev–Trinajstić information content (AvgIpc) is 2.21. The Hall–Kier alpha value is -1.36. The summed E-state index contributed by atoms with van der Waals surface area (Å²) in [6.45, 7) is -1.18. The smallest absolute Gasteiger partial charge is 0.387 e. The molecule has 0 aliphatic carbocycles. The molecule has 88 valence electrons. The Morgan fingerprint density at radius 3 is 2.75 bits per heavy atom. The van der Waals surface area contributed by atoms with Crippen molar-refractivity contribution < 1.29 is 23.0 Å². The van der Waals surface area contributed by atoms with E-state index in [1.165, 1.54) is 18.2 Å². The molecule has 0 unspecified atom stereocenters. The fourth-order valence-electron chi connectivity index (χ4n) is 1.06. The van der Waals surface area contributed by atoms with E-state index in [4.69, 9.17) is 16.3 Å². The number of benzene rings is 1. The lowest BCUT2D eigenvalue weighted by Gasteiger charge is -2.09. The predicted molar refractivity (Wildman–Crippen MR) is 54.0 cm³/mol. The van der Waals surface area contributed by atoms with E-state index in [1.807, 2.05) is 0 Å². The minimum absolute atomic E-state index is 0.00154. The van der Waals surface area contributed by atoms with Crippen LogP contribution in [-0.4, -0.2) is 19.2 Å². The third-order valence-corrected chi connectivity index (χ3v) is 2.06. The SMILES string of the molecule is CCOC(=O)c1cccc(OC(F)F)c1Cl. The van der Waals surface area contributed by atoms with Crippen molar-refractivity contribution in [3.8, 4) is 5.75 Å². The molecule has 3 nitrogen and oxygen atoms in total. The van der Waals surface area contributed by atoms with Crippen LogP contribution in [0.2, 0.25) is 5.02 Å². The first-order chi connectivity index (χ1) is 7.56. The van der Waals surface area contributed by atoms with E-state index in [0.717, 1.165) is 0 Å². The van der Waals surface area contributed by atoms with E-state index in [-0.39, 0.29) is 22.9 Å². The van der Waals surface area contributed by atoms with Gasteiger partial charge in [-0.3, -0.25) is 0 Å². The lowest BCUT2D eigenvalue weighted by Crippen LogP contribution is -2.08. The van der Waals surface area contributed by atoms with Crippen molar-refractivity contribution in [1.29, 1.82) is 0 Å². The third kappa shape index (κ3) is 3.06. The largest absolute Gasteiger partial charge is 0.462 e. The predicted octanol–water partition coefficient (Wildman–Crippen LogP) is 3.12. The molecule has 0 bridgehead atoms. The van der Waals surface area contributed by atoms with Gasteiger partial charge in [-0.2, -0.15) is 8.78 Å². The van der Waals surface area contributed by atoms with Crippen LogP contribution in [0.5, 0.6) is 5.75 Å². The van der Waals surface area contributed by atoms with Crippen LogP contribution < -0.4 is 4.74 Å². The summed E-state index contributed by atoms with van der Waals surface area (Å²) in [5.74, 6) is -0.922. The first kappa shape index (κ1) is 12.7. The molecule has 0 atom stereocenters. The minimum atomic E-state index is -2.99. The molecule has 0 aliphatic rings. The van der Waals surface area contributed by atoms with Gasteiger partial charge < -0.3 is 9.47 Å². The summed E-state index contributed by atoms with van der Waals surface area (Å²) in [7, 11) is 0. The molecule has 0 fully saturated rings. The molecule has 0 amide bonds. The van der Waals surface area contributed by atoms with Crippen molar-refractivity contribution in [2.45, 2.75) is 13.5 Å². The molecule has 0 heterocycles. The van der Waals surface area contributed by atoms with Crippen molar-refractivity contribution in [1.82, 2.24) is 0 Å². The van der Waals surface area contributed by atoms with Gasteiger partial charge in [0.2, 0.25) is 0 Å². The van der Waals surface area contributed by atoms with Crippen LogP contribution >= 0.6 is 11.6 Å². The Morgan fingerprint density at radius 1 is 1.50 bits per heavy atom. The summed E-state index contributed by atoms with van der Waals surface area (Å²) >= 11 is 5.72. The van der Waals surface area contributed by atoms with Crippen LogP contribution in [0, 0.1) is 0 Å². The monoisotopic (exact) mass is 250 g/mol. The molecule has 0 aromatic heterocycles. The number of alkyl halides is 2. The standard InChI is InChI=1S/C10H9ClF2O3/c1-2-15-9(14)6-4-3-5-7(8(6)11)16-10(12)13/h3-5,10H,2H2,1H3. The third-order valence-electron chi connectivity index (χ3n) is 1.67. The van der Waals surface area contributed by atoms with Gasteiger partial charge in [0, 0.05) is 0 Å². The number of carbonyl (C=O) groups excluding carboxylic acids is 1. The molecule has 16 heavy (non-hydrogen) atoms. The molecule has 6 heteroatoms. The number of hydrogen-bond acceptors (Lipinski definition) is 3. The minimum Gasteiger partial charge on any atom is -0.462 e. The van der Waals surface area contributed by atoms with Crippen LogP contribution in [0.15, 0.2) is 18.2 Å². The molecule has 0 N–H and O–H groups in total. The first-order valence-electron chi connectivity index (χ1n) is 4.46. The first-order valence-corrected chi connectivity index (χ1v) is 4.84. The van der Waals surface area contributed by atoms with Crippen LogP contribution in [0.4, 0.5) is 8.78 Å². The Labute approximate surface area is 95.9 Å². The van der Waals surface area contributed by atoms with Gasteiger partial charge in [0.25, 0.3) is 0 Å². The van der Waals surface area contributed by atoms with Crippen molar-refractivity contribution >= 4 is 17.6 Å². The average molecular weight is 251 g/mol. The second-order valence-electron chi connectivity index (χ2n) is 2.72. The molecule has 0 saturated carbocycles. The van der Waals surface area contributed by atoms with Crippen molar-refractivity contribution in [2.24, 2.45) is 0 Å². The van der Waals surface area contributed by atoms with Crippen molar-refractivity contribution in [2.75, 3.05) is 6.61 Å². The normalized spacial score (nSPS) is 10.3. The fraction of sp³-hybridized carbons (Fsp3) is 0.300. The van der Waals surface area contributed by atoms with Gasteiger partial charge in [0.15, 0.2) is 0 Å². The Balaban J connectivity index is 2.99. The van der Waals surface area contributed by atoms with Crippen molar-refractivity contribution in [3.05, 3.63) is 28.8 Å². The summed E-state index contributed by atoms with van der Waals surface area (Å²) < 4.78 is 32.8. The fourth-order valence-corrected chi connectivity index (χ4v) is 1.31. The second-order valence-corrected chi connectivity index (χ2v) is 3.09. The number of carbonyl (C=O) groups is 1. The summed E-state index contributed by atoms with van der Waals surface area (Å²) in [4.78, 5) is 11.4. The highest BCUT2D eigenvalue weighted by Gasteiger charge is 2.17. The molecular weight excluding hydrogens is 242 g/mol. The molecule has 0 saturated heterocycles. The number of hydrogen-bond donors (Lipinski definition) is 0. The molecule has 0 radical (unpaired) electrons. The summed E-state index contributed by atoms with van der Waals surface area (Å²) in [6, 6.07) is 4.01. The van der Waals surface area contributed by atoms with Crippen LogP contribution in [0.3, 0.4) is 0 Å². The van der Waals surface area contributed by atoms with E-state index in [1.54, 1.807) is 6.92 Å². The van der Waals surface area contributed by atoms with Gasteiger partial charge >= 0.3 is 12.6 Å². The zero-order valence-corrected chi connectivity index (χ0v) is 9.13. The quantitative estimate of drug-likeness (QED) is 0.770. The second kappa shape index (κ2) is 5.65. The lowest BCUT2D eigenvalue weighted by molar-refractivity contribution is -0.0498. The zero-order valence-electron chi connectivity index (χ0n) is 8.38. The summed E-state index contributed by atoms with van der Waals surface area (Å²) in [6.07, 6.45) is 0. The highest BCUT2D eigenvalue weighted by atomic mass is 35.5. The molecule has 1 aromatic carbocycles. The van der Waals surface area contributed by atoms with E-state index >= 15 is 0 Å². The highest BCUT2D eigenvalue weighted by Crippen LogP contribution is 2.29. The van der Waals surface area contributed by atoms with Gasteiger partial charge in [0.1, 0.15) is 5.75 Å². The van der Waals surface area contributed by atoms with Gasteiger partial charge in [-0.15, -0.1) is 0 Å². The molecular formula is C10H9ClF2O3. The van der Waals surface area contributed by atoms with E-state index in [0.29, 0.717) is 0 Å². The van der Waals surface area contributed by atoms with Crippen molar-refractivity contribution in [3.63, 3.8) is 0 Å². The molecule has 0 spiro atoms.